The van der Waals surface area contributed by atoms with Gasteiger partial charge in [-0.1, -0.05) is 60.1 Å². The standard InChI is InChI=1S/C28H43NO2/c1-21-9-8-11-22(17-21)12-14-28(2,31)15-13-25-26-19-23(18-24(26)20-27(25)30)10-6-5-7-16-29(3)4/h8-9,11,13,15,17-18,24-27,30-31H,5-7,10,12,14,16,19-20H2,1-4H3/b15-13+/t24-,25+,26-,27+,28+/m0/s1. The first-order valence-corrected chi connectivity index (χ1v) is 12.2. The van der Waals surface area contributed by atoms with Gasteiger partial charge in [0, 0.05) is 5.92 Å². The van der Waals surface area contributed by atoms with Gasteiger partial charge >= 0.3 is 0 Å². The number of aliphatic hydroxyl groups is 2. The molecule has 0 heterocycles. The number of aryl methyl sites for hydroxylation is 2. The van der Waals surface area contributed by atoms with Gasteiger partial charge in [-0.3, -0.25) is 0 Å². The van der Waals surface area contributed by atoms with Gasteiger partial charge in [0.2, 0.25) is 0 Å². The molecule has 0 aliphatic heterocycles. The Balaban J connectivity index is 1.48. The molecule has 2 N–H and O–H groups in total. The summed E-state index contributed by atoms with van der Waals surface area (Å²) in [6, 6.07) is 8.51. The molecular formula is C28H43NO2. The van der Waals surface area contributed by atoms with Crippen LogP contribution in [0.5, 0.6) is 0 Å². The minimum absolute atomic E-state index is 0.165. The quantitative estimate of drug-likeness (QED) is 0.373. The van der Waals surface area contributed by atoms with Gasteiger partial charge in [-0.25, -0.2) is 0 Å². The molecule has 1 saturated carbocycles. The Morgan fingerprint density at radius 2 is 1.97 bits per heavy atom. The van der Waals surface area contributed by atoms with Gasteiger partial charge < -0.3 is 15.1 Å². The average molecular weight is 426 g/mol. The van der Waals surface area contributed by atoms with Gasteiger partial charge in [0.15, 0.2) is 0 Å². The topological polar surface area (TPSA) is 43.7 Å². The highest BCUT2D eigenvalue weighted by molar-refractivity contribution is 5.24. The van der Waals surface area contributed by atoms with E-state index >= 15 is 0 Å². The fourth-order valence-electron chi connectivity index (χ4n) is 5.41. The number of unbranched alkanes of at least 4 members (excludes halogenated alkanes) is 2. The smallest absolute Gasteiger partial charge is 0.0802 e. The first kappa shape index (κ1) is 24.2. The van der Waals surface area contributed by atoms with Crippen molar-refractivity contribution in [1.82, 2.24) is 4.90 Å². The minimum Gasteiger partial charge on any atom is -0.392 e. The zero-order valence-corrected chi connectivity index (χ0v) is 20.1. The molecule has 0 aromatic heterocycles. The zero-order valence-electron chi connectivity index (χ0n) is 20.1. The van der Waals surface area contributed by atoms with Crippen molar-refractivity contribution in [1.29, 1.82) is 0 Å². The summed E-state index contributed by atoms with van der Waals surface area (Å²) >= 11 is 0. The second kappa shape index (κ2) is 10.9. The maximum Gasteiger partial charge on any atom is 0.0802 e. The number of aliphatic hydroxyl groups excluding tert-OH is 1. The van der Waals surface area contributed by atoms with Gasteiger partial charge in [0.25, 0.3) is 0 Å². The minimum atomic E-state index is -0.844. The summed E-state index contributed by atoms with van der Waals surface area (Å²) in [5, 5.41) is 21.6. The van der Waals surface area contributed by atoms with Crippen LogP contribution in [0.4, 0.5) is 0 Å². The number of fused-ring (bicyclic) bond motifs is 1. The second-order valence-corrected chi connectivity index (χ2v) is 10.6. The number of benzene rings is 1. The molecule has 172 valence electrons. The highest BCUT2D eigenvalue weighted by atomic mass is 16.3. The van der Waals surface area contributed by atoms with E-state index in [9.17, 15) is 10.2 Å². The molecule has 1 aromatic carbocycles. The molecule has 0 saturated heterocycles. The van der Waals surface area contributed by atoms with Gasteiger partial charge in [-0.15, -0.1) is 0 Å². The largest absolute Gasteiger partial charge is 0.392 e. The van der Waals surface area contributed by atoms with E-state index in [1.807, 2.05) is 13.0 Å². The lowest BCUT2D eigenvalue weighted by Crippen LogP contribution is -2.24. The number of hydrogen-bond acceptors (Lipinski definition) is 3. The fraction of sp³-hybridized carbons (Fsp3) is 0.643. The Hall–Kier alpha value is -1.42. The van der Waals surface area contributed by atoms with E-state index in [1.54, 1.807) is 5.57 Å². The molecule has 2 aliphatic carbocycles. The Bertz CT molecular complexity index is 764. The number of rotatable bonds is 11. The van der Waals surface area contributed by atoms with E-state index in [0.717, 1.165) is 19.3 Å². The summed E-state index contributed by atoms with van der Waals surface area (Å²) in [6.45, 7) is 5.17. The molecule has 3 rings (SSSR count). The third kappa shape index (κ3) is 7.30. The molecule has 0 radical (unpaired) electrons. The molecule has 5 atom stereocenters. The maximum atomic E-state index is 10.9. The summed E-state index contributed by atoms with van der Waals surface area (Å²) in [5.41, 5.74) is 3.28. The molecule has 31 heavy (non-hydrogen) atoms. The lowest BCUT2D eigenvalue weighted by Gasteiger charge is -2.23. The van der Waals surface area contributed by atoms with E-state index in [0.29, 0.717) is 18.3 Å². The van der Waals surface area contributed by atoms with E-state index in [2.05, 4.69) is 62.3 Å². The van der Waals surface area contributed by atoms with Crippen molar-refractivity contribution < 1.29 is 10.2 Å². The predicted molar refractivity (Wildman–Crippen MR) is 130 cm³/mol. The third-order valence-electron chi connectivity index (χ3n) is 7.23. The van der Waals surface area contributed by atoms with Crippen molar-refractivity contribution in [2.45, 2.75) is 76.9 Å². The summed E-state index contributed by atoms with van der Waals surface area (Å²) < 4.78 is 0. The lowest BCUT2D eigenvalue weighted by atomic mass is 9.87. The Morgan fingerprint density at radius 3 is 2.71 bits per heavy atom. The molecule has 1 fully saturated rings. The molecule has 3 heteroatoms. The van der Waals surface area contributed by atoms with Crippen LogP contribution in [-0.4, -0.2) is 47.5 Å². The zero-order chi connectivity index (χ0) is 22.4. The number of hydrogen-bond donors (Lipinski definition) is 2. The van der Waals surface area contributed by atoms with E-state index < -0.39 is 5.60 Å². The summed E-state index contributed by atoms with van der Waals surface area (Å²) in [5.74, 6) is 1.19. The van der Waals surface area contributed by atoms with Crippen molar-refractivity contribution >= 4 is 0 Å². The predicted octanol–water partition coefficient (Wildman–Crippen LogP) is 5.30. The van der Waals surface area contributed by atoms with Crippen LogP contribution in [0.1, 0.15) is 63.0 Å². The van der Waals surface area contributed by atoms with Crippen LogP contribution in [0.2, 0.25) is 0 Å². The van der Waals surface area contributed by atoms with Gasteiger partial charge in [0.05, 0.1) is 11.7 Å². The monoisotopic (exact) mass is 425 g/mol. The SMILES string of the molecule is Cc1cccc(CC[C@@](C)(O)/C=C/[C@@H]2[C@H]3CC(CCCCCN(C)C)=C[C@H]3C[C@H]2O)c1. The van der Waals surface area contributed by atoms with Gasteiger partial charge in [0.1, 0.15) is 0 Å². The molecule has 0 unspecified atom stereocenters. The van der Waals surface area contributed by atoms with E-state index in [1.165, 1.54) is 43.4 Å². The third-order valence-corrected chi connectivity index (χ3v) is 7.23. The molecule has 0 amide bonds. The van der Waals surface area contributed by atoms with Crippen molar-refractivity contribution in [3.63, 3.8) is 0 Å². The Kier molecular flexibility index (Phi) is 8.55. The average Bonchev–Trinajstić information content (AvgIpc) is 3.21. The Labute approximate surface area is 189 Å². The summed E-state index contributed by atoms with van der Waals surface area (Å²) in [6.07, 6.45) is 14.9. The highest BCUT2D eigenvalue weighted by Gasteiger charge is 2.43. The lowest BCUT2D eigenvalue weighted by molar-refractivity contribution is 0.0989. The first-order valence-electron chi connectivity index (χ1n) is 12.2. The number of allylic oxidation sites excluding steroid dienone is 2. The van der Waals surface area contributed by atoms with Crippen LogP contribution >= 0.6 is 0 Å². The molecule has 3 nitrogen and oxygen atoms in total. The van der Waals surface area contributed by atoms with Crippen molar-refractivity contribution in [2.24, 2.45) is 17.8 Å². The summed E-state index contributed by atoms with van der Waals surface area (Å²) in [7, 11) is 4.28. The Morgan fingerprint density at radius 1 is 1.16 bits per heavy atom. The van der Waals surface area contributed by atoms with E-state index in [-0.39, 0.29) is 12.0 Å². The maximum absolute atomic E-state index is 10.9. The van der Waals surface area contributed by atoms with Gasteiger partial charge in [-0.05, 0) is 96.8 Å². The number of nitrogens with zero attached hydrogens (tertiary/aromatic N) is 1. The van der Waals surface area contributed by atoms with Crippen LogP contribution in [0.25, 0.3) is 0 Å². The van der Waals surface area contributed by atoms with Crippen LogP contribution in [-0.2, 0) is 6.42 Å². The molecule has 0 spiro atoms. The molecular weight excluding hydrogens is 382 g/mol. The fourth-order valence-corrected chi connectivity index (χ4v) is 5.41. The molecule has 1 aromatic rings. The normalized spacial score (nSPS) is 27.6. The van der Waals surface area contributed by atoms with Crippen LogP contribution in [0.15, 0.2) is 48.1 Å². The van der Waals surface area contributed by atoms with Crippen molar-refractivity contribution in [2.75, 3.05) is 20.6 Å². The van der Waals surface area contributed by atoms with Crippen LogP contribution < -0.4 is 0 Å². The van der Waals surface area contributed by atoms with Crippen molar-refractivity contribution in [3.05, 3.63) is 59.2 Å². The van der Waals surface area contributed by atoms with Gasteiger partial charge in [-0.2, -0.15) is 0 Å². The highest BCUT2D eigenvalue weighted by Crippen LogP contribution is 2.48. The second-order valence-electron chi connectivity index (χ2n) is 10.6. The molecule has 2 aliphatic rings. The van der Waals surface area contributed by atoms with Crippen LogP contribution in [0.3, 0.4) is 0 Å². The summed E-state index contributed by atoms with van der Waals surface area (Å²) in [4.78, 5) is 2.26. The van der Waals surface area contributed by atoms with Crippen molar-refractivity contribution in [3.8, 4) is 0 Å². The molecule has 0 bridgehead atoms. The van der Waals surface area contributed by atoms with E-state index in [4.69, 9.17) is 0 Å². The van der Waals surface area contributed by atoms with Crippen LogP contribution in [0, 0.1) is 24.7 Å². The first-order chi connectivity index (χ1) is 14.7.